The van der Waals surface area contributed by atoms with Gasteiger partial charge in [0.25, 0.3) is 0 Å². The zero-order chi connectivity index (χ0) is 17.0. The van der Waals surface area contributed by atoms with Crippen molar-refractivity contribution < 1.29 is 14.6 Å². The molecule has 0 heterocycles. The first-order valence-electron chi connectivity index (χ1n) is 7.59. The molecule has 1 atom stereocenters. The molecule has 0 aliphatic rings. The van der Waals surface area contributed by atoms with Gasteiger partial charge in [-0.25, -0.2) is 0 Å². The topological polar surface area (TPSA) is 46.5 Å². The second-order valence-electron chi connectivity index (χ2n) is 5.48. The minimum absolute atomic E-state index is 0.174. The Labute approximate surface area is 141 Å². The van der Waals surface area contributed by atoms with Gasteiger partial charge in [-0.1, -0.05) is 13.0 Å². The molecule has 1 unspecified atom stereocenters. The molecule has 1 N–H and O–H groups in total. The van der Waals surface area contributed by atoms with Crippen molar-refractivity contribution >= 4 is 17.5 Å². The predicted molar refractivity (Wildman–Crippen MR) is 94.5 cm³/mol. The van der Waals surface area contributed by atoms with E-state index in [0.717, 1.165) is 27.3 Å². The van der Waals surface area contributed by atoms with Crippen molar-refractivity contribution in [3.8, 4) is 11.5 Å². The van der Waals surface area contributed by atoms with Crippen molar-refractivity contribution in [3.63, 3.8) is 0 Å². The van der Waals surface area contributed by atoms with E-state index in [-0.39, 0.29) is 16.8 Å². The van der Waals surface area contributed by atoms with Crippen LogP contribution in [-0.2, 0) is 4.79 Å². The van der Waals surface area contributed by atoms with Crippen LogP contribution in [0.3, 0.4) is 0 Å². The second-order valence-corrected chi connectivity index (χ2v) is 6.66. The number of ketones is 1. The van der Waals surface area contributed by atoms with E-state index >= 15 is 0 Å². The average Bonchev–Trinajstić information content (AvgIpc) is 2.56. The summed E-state index contributed by atoms with van der Waals surface area (Å²) in [7, 11) is 1.65. The summed E-state index contributed by atoms with van der Waals surface area (Å²) in [5.41, 5.74) is 3.16. The molecule has 122 valence electrons. The van der Waals surface area contributed by atoms with Gasteiger partial charge >= 0.3 is 0 Å². The van der Waals surface area contributed by atoms with E-state index in [0.29, 0.717) is 6.42 Å². The molecular formula is C19H22O3S. The summed E-state index contributed by atoms with van der Waals surface area (Å²) in [6.45, 7) is 5.92. The van der Waals surface area contributed by atoms with E-state index < -0.39 is 0 Å². The summed E-state index contributed by atoms with van der Waals surface area (Å²) < 4.78 is 5.44. The van der Waals surface area contributed by atoms with E-state index in [1.54, 1.807) is 19.2 Å². The Morgan fingerprint density at radius 3 is 2.43 bits per heavy atom. The highest BCUT2D eigenvalue weighted by molar-refractivity contribution is 8.00. The molecule has 0 radical (unpaired) electrons. The molecule has 0 aromatic heterocycles. The van der Waals surface area contributed by atoms with Gasteiger partial charge in [0.15, 0.2) is 0 Å². The zero-order valence-electron chi connectivity index (χ0n) is 13.9. The third-order valence-corrected chi connectivity index (χ3v) is 5.21. The smallest absolute Gasteiger partial charge is 0.150 e. The van der Waals surface area contributed by atoms with Gasteiger partial charge in [-0.15, -0.1) is 11.8 Å². The zero-order valence-corrected chi connectivity index (χ0v) is 14.7. The standard InChI is InChI=1S/C19H22O3S/c1-5-17(21)19(23-16-8-6-15(20)7-9-16)14-10-12(2)13(3)18(11-14)22-4/h6-11,19-20H,5H2,1-4H3. The molecule has 0 spiro atoms. The van der Waals surface area contributed by atoms with Crippen LogP contribution in [0.2, 0.25) is 0 Å². The molecule has 3 nitrogen and oxygen atoms in total. The van der Waals surface area contributed by atoms with Crippen LogP contribution in [0.5, 0.6) is 11.5 Å². The highest BCUT2D eigenvalue weighted by Crippen LogP contribution is 2.39. The molecule has 4 heteroatoms. The number of carbonyl (C=O) groups excluding carboxylic acids is 1. The third-order valence-electron chi connectivity index (χ3n) is 3.90. The van der Waals surface area contributed by atoms with Crippen LogP contribution in [0.15, 0.2) is 41.3 Å². The lowest BCUT2D eigenvalue weighted by atomic mass is 10.0. The van der Waals surface area contributed by atoms with Crippen LogP contribution < -0.4 is 4.74 Å². The Kier molecular flexibility index (Phi) is 5.72. The number of rotatable bonds is 6. The molecular weight excluding hydrogens is 308 g/mol. The number of aryl methyl sites for hydroxylation is 1. The van der Waals surface area contributed by atoms with Gasteiger partial charge in [-0.05, 0) is 60.9 Å². The van der Waals surface area contributed by atoms with Crippen LogP contribution in [0, 0.1) is 13.8 Å². The van der Waals surface area contributed by atoms with Crippen LogP contribution in [-0.4, -0.2) is 18.0 Å². The van der Waals surface area contributed by atoms with E-state index in [1.165, 1.54) is 11.8 Å². The molecule has 2 rings (SSSR count). The lowest BCUT2D eigenvalue weighted by molar-refractivity contribution is -0.118. The minimum Gasteiger partial charge on any atom is -0.508 e. The van der Waals surface area contributed by atoms with Crippen molar-refractivity contribution in [2.24, 2.45) is 0 Å². The normalized spacial score (nSPS) is 12.0. The molecule has 0 saturated heterocycles. The number of phenolic OH excluding ortho intramolecular Hbond substituents is 1. The van der Waals surface area contributed by atoms with E-state index in [4.69, 9.17) is 4.74 Å². The lowest BCUT2D eigenvalue weighted by Gasteiger charge is -2.18. The quantitative estimate of drug-likeness (QED) is 0.771. The number of benzene rings is 2. The average molecular weight is 330 g/mol. The summed E-state index contributed by atoms with van der Waals surface area (Å²) in [5, 5.41) is 9.13. The fourth-order valence-corrected chi connectivity index (χ4v) is 3.52. The first kappa shape index (κ1) is 17.4. The molecule has 0 aliphatic carbocycles. The fourth-order valence-electron chi connectivity index (χ4n) is 2.38. The summed E-state index contributed by atoms with van der Waals surface area (Å²) >= 11 is 1.50. The van der Waals surface area contributed by atoms with E-state index in [9.17, 15) is 9.90 Å². The van der Waals surface area contributed by atoms with Gasteiger partial charge in [-0.2, -0.15) is 0 Å². The summed E-state index contributed by atoms with van der Waals surface area (Å²) in [6.07, 6.45) is 0.477. The van der Waals surface area contributed by atoms with E-state index in [2.05, 4.69) is 6.07 Å². The molecule has 0 bridgehead atoms. The molecule has 2 aromatic carbocycles. The summed E-state index contributed by atoms with van der Waals surface area (Å²) in [4.78, 5) is 13.4. The Hall–Kier alpha value is -1.94. The molecule has 2 aromatic rings. The highest BCUT2D eigenvalue weighted by Gasteiger charge is 2.22. The van der Waals surface area contributed by atoms with Gasteiger partial charge < -0.3 is 9.84 Å². The number of hydrogen-bond acceptors (Lipinski definition) is 4. The lowest BCUT2D eigenvalue weighted by Crippen LogP contribution is -2.09. The molecule has 0 amide bonds. The second kappa shape index (κ2) is 7.55. The van der Waals surface area contributed by atoms with Crippen molar-refractivity contribution in [1.82, 2.24) is 0 Å². The molecule has 0 saturated carbocycles. The van der Waals surface area contributed by atoms with Crippen molar-refractivity contribution in [3.05, 3.63) is 53.1 Å². The van der Waals surface area contributed by atoms with Gasteiger partial charge in [0.05, 0.1) is 12.4 Å². The maximum atomic E-state index is 12.5. The third kappa shape index (κ3) is 4.08. The SMILES string of the molecule is CCC(=O)C(Sc1ccc(O)cc1)c1cc(C)c(C)c(OC)c1. The van der Waals surface area contributed by atoms with Gasteiger partial charge in [0, 0.05) is 11.3 Å². The molecule has 0 fully saturated rings. The Morgan fingerprint density at radius 2 is 1.87 bits per heavy atom. The van der Waals surface area contributed by atoms with Crippen molar-refractivity contribution in [2.45, 2.75) is 37.3 Å². The predicted octanol–water partition coefficient (Wildman–Crippen LogP) is 4.83. The number of ether oxygens (including phenoxy) is 1. The Morgan fingerprint density at radius 1 is 1.22 bits per heavy atom. The highest BCUT2D eigenvalue weighted by atomic mass is 32.2. The number of Topliss-reactive ketones (excluding diaryl/α,β-unsaturated/α-hetero) is 1. The van der Waals surface area contributed by atoms with Gasteiger partial charge in [0.1, 0.15) is 17.3 Å². The van der Waals surface area contributed by atoms with Gasteiger partial charge in [0.2, 0.25) is 0 Å². The summed E-state index contributed by atoms with van der Waals surface area (Å²) in [5.74, 6) is 1.20. The van der Waals surface area contributed by atoms with Crippen molar-refractivity contribution in [1.29, 1.82) is 0 Å². The number of thioether (sulfide) groups is 1. The van der Waals surface area contributed by atoms with Gasteiger partial charge in [-0.3, -0.25) is 4.79 Å². The first-order chi connectivity index (χ1) is 11.0. The number of methoxy groups -OCH3 is 1. The van der Waals surface area contributed by atoms with E-state index in [1.807, 2.05) is 39.0 Å². The van der Waals surface area contributed by atoms with Crippen LogP contribution in [0.1, 0.15) is 35.3 Å². The van der Waals surface area contributed by atoms with Crippen LogP contribution in [0.25, 0.3) is 0 Å². The fraction of sp³-hybridized carbons (Fsp3) is 0.316. The number of hydrogen-bond donors (Lipinski definition) is 1. The monoisotopic (exact) mass is 330 g/mol. The van der Waals surface area contributed by atoms with Crippen molar-refractivity contribution in [2.75, 3.05) is 7.11 Å². The summed E-state index contributed by atoms with van der Waals surface area (Å²) in [6, 6.07) is 10.9. The van der Waals surface area contributed by atoms with Crippen LogP contribution in [0.4, 0.5) is 0 Å². The largest absolute Gasteiger partial charge is 0.508 e. The first-order valence-corrected chi connectivity index (χ1v) is 8.47. The number of aromatic hydroxyl groups is 1. The Balaban J connectivity index is 2.41. The Bertz CT molecular complexity index is 693. The number of phenols is 1. The number of carbonyl (C=O) groups is 1. The molecule has 23 heavy (non-hydrogen) atoms. The maximum Gasteiger partial charge on any atom is 0.150 e. The molecule has 0 aliphatic heterocycles. The van der Waals surface area contributed by atoms with Crippen LogP contribution >= 0.6 is 11.8 Å². The minimum atomic E-state index is -0.280. The maximum absolute atomic E-state index is 12.5.